The summed E-state index contributed by atoms with van der Waals surface area (Å²) in [6.45, 7) is 30.6. The fraction of sp³-hybridized carbons (Fsp3) is 0.774. The molecule has 0 spiro atoms. The highest BCUT2D eigenvalue weighted by Gasteiger charge is 2.20. The minimum Gasteiger partial charge on any atom is -0.324 e. The molecule has 0 aliphatic heterocycles. The third-order valence-corrected chi connectivity index (χ3v) is 6.48. The van der Waals surface area contributed by atoms with E-state index in [1.54, 1.807) is 0 Å². The van der Waals surface area contributed by atoms with E-state index >= 15 is 0 Å². The van der Waals surface area contributed by atoms with Gasteiger partial charge in [-0.15, -0.1) is 0 Å². The predicted octanol–water partition coefficient (Wildman–Crippen LogP) is 4.39. The van der Waals surface area contributed by atoms with Crippen molar-refractivity contribution in [1.82, 2.24) is 20.4 Å². The lowest BCUT2D eigenvalue weighted by Crippen LogP contribution is -2.43. The van der Waals surface area contributed by atoms with E-state index < -0.39 is 0 Å². The molecule has 0 radical (unpaired) electrons. The van der Waals surface area contributed by atoms with E-state index in [1.807, 2.05) is 0 Å². The van der Waals surface area contributed by atoms with Crippen molar-refractivity contribution in [3.8, 4) is 0 Å². The second kappa shape index (κ2) is 16.6. The zero-order valence-corrected chi connectivity index (χ0v) is 25.5. The second-order valence-electron chi connectivity index (χ2n) is 13.3. The van der Waals surface area contributed by atoms with Crippen LogP contribution in [-0.2, 0) is 4.79 Å². The number of Topliss-reactive ketones (excluding diaryl/α,β-unsaturated/α-hetero) is 1. The molecule has 4 N–H and O–H groups in total. The number of nitrogens with one attached hydrogen (secondary N) is 2. The van der Waals surface area contributed by atoms with Crippen LogP contribution in [0.25, 0.3) is 0 Å². The number of carbonyl (C=O) groups is 1. The van der Waals surface area contributed by atoms with Crippen LogP contribution in [0.5, 0.6) is 0 Å². The van der Waals surface area contributed by atoms with Crippen molar-refractivity contribution in [3.63, 3.8) is 0 Å². The van der Waals surface area contributed by atoms with Crippen LogP contribution in [0.3, 0.4) is 0 Å². The van der Waals surface area contributed by atoms with Gasteiger partial charge in [-0.2, -0.15) is 0 Å². The number of rotatable bonds is 18. The lowest BCUT2D eigenvalue weighted by molar-refractivity contribution is -0.121. The Bertz CT molecular complexity index is 757. The fourth-order valence-corrected chi connectivity index (χ4v) is 4.82. The summed E-state index contributed by atoms with van der Waals surface area (Å²) in [4.78, 5) is 17.6. The van der Waals surface area contributed by atoms with Gasteiger partial charge in [0.1, 0.15) is 5.78 Å². The Balaban J connectivity index is 2.75. The fourth-order valence-electron chi connectivity index (χ4n) is 4.82. The standard InChI is InChI=1S/C31H59N5O/c1-10-33-13-15-36(24-29(37)21-31(7,8)9)18-17-35(23-25(2)20-30(4,5)6)16-14-34-22-27-19-28(32)12-11-26(27)3/h11,19,28,33-34H,2,10,12-18,20-24,32H2,1,3-9H3. The second-order valence-corrected chi connectivity index (χ2v) is 13.3. The van der Waals surface area contributed by atoms with Gasteiger partial charge in [0.05, 0.1) is 6.54 Å². The monoisotopic (exact) mass is 517 g/mol. The Morgan fingerprint density at radius 2 is 1.54 bits per heavy atom. The Hall–Kier alpha value is -1.31. The Morgan fingerprint density at radius 3 is 2.11 bits per heavy atom. The van der Waals surface area contributed by atoms with Crippen LogP contribution >= 0.6 is 0 Å². The van der Waals surface area contributed by atoms with Crippen LogP contribution in [0.4, 0.5) is 0 Å². The maximum atomic E-state index is 12.8. The first kappa shape index (κ1) is 33.7. The molecule has 214 valence electrons. The van der Waals surface area contributed by atoms with Gasteiger partial charge in [-0.1, -0.05) is 78.3 Å². The van der Waals surface area contributed by atoms with Crippen molar-refractivity contribution >= 4 is 5.78 Å². The molecule has 37 heavy (non-hydrogen) atoms. The van der Waals surface area contributed by atoms with E-state index in [0.717, 1.165) is 71.7 Å². The van der Waals surface area contributed by atoms with E-state index in [4.69, 9.17) is 5.73 Å². The number of likely N-dealkylation sites (N-methyl/N-ethyl adjacent to an activating group) is 1. The maximum Gasteiger partial charge on any atom is 0.147 e. The number of hydrogen-bond acceptors (Lipinski definition) is 6. The smallest absolute Gasteiger partial charge is 0.147 e. The summed E-state index contributed by atoms with van der Waals surface area (Å²) in [7, 11) is 0. The normalized spacial score (nSPS) is 16.8. The van der Waals surface area contributed by atoms with E-state index in [1.165, 1.54) is 16.7 Å². The van der Waals surface area contributed by atoms with E-state index in [-0.39, 0.29) is 16.9 Å². The zero-order valence-electron chi connectivity index (χ0n) is 25.5. The summed E-state index contributed by atoms with van der Waals surface area (Å²) >= 11 is 0. The van der Waals surface area contributed by atoms with Crippen molar-refractivity contribution in [2.24, 2.45) is 16.6 Å². The molecule has 0 saturated heterocycles. The molecule has 0 aromatic heterocycles. The average molecular weight is 518 g/mol. The molecule has 1 rings (SSSR count). The molecule has 6 heteroatoms. The van der Waals surface area contributed by atoms with Crippen LogP contribution in [0.1, 0.15) is 74.7 Å². The number of carbonyl (C=O) groups excluding carboxylic acids is 1. The highest BCUT2D eigenvalue weighted by molar-refractivity contribution is 5.81. The average Bonchev–Trinajstić information content (AvgIpc) is 2.74. The summed E-state index contributed by atoms with van der Waals surface area (Å²) in [6.07, 6.45) is 7.00. The van der Waals surface area contributed by atoms with Crippen molar-refractivity contribution in [3.05, 3.63) is 35.5 Å². The Labute approximate surface area is 229 Å². The van der Waals surface area contributed by atoms with Gasteiger partial charge in [-0.25, -0.2) is 0 Å². The SMILES string of the molecule is C=C(CN(CCNCC1=CC(N)CC=C1C)CCN(CCNCC)CC(=O)CC(C)(C)C)CC(C)(C)C. The molecule has 0 aromatic carbocycles. The third kappa shape index (κ3) is 17.0. The number of hydrogen-bond donors (Lipinski definition) is 3. The molecule has 1 atom stereocenters. The van der Waals surface area contributed by atoms with E-state index in [9.17, 15) is 4.79 Å². The maximum absolute atomic E-state index is 12.8. The largest absolute Gasteiger partial charge is 0.324 e. The minimum absolute atomic E-state index is 0.0259. The molecule has 1 aliphatic rings. The minimum atomic E-state index is 0.0259. The third-order valence-electron chi connectivity index (χ3n) is 6.48. The quantitative estimate of drug-likeness (QED) is 0.185. The molecule has 0 fully saturated rings. The lowest BCUT2D eigenvalue weighted by Gasteiger charge is -2.30. The molecular weight excluding hydrogens is 458 g/mol. The molecule has 0 heterocycles. The molecule has 6 nitrogen and oxygen atoms in total. The van der Waals surface area contributed by atoms with Gasteiger partial charge in [0.25, 0.3) is 0 Å². The van der Waals surface area contributed by atoms with E-state index in [0.29, 0.717) is 18.7 Å². The highest BCUT2D eigenvalue weighted by Crippen LogP contribution is 2.23. The van der Waals surface area contributed by atoms with Crippen molar-refractivity contribution in [1.29, 1.82) is 0 Å². The topological polar surface area (TPSA) is 73.6 Å². The van der Waals surface area contributed by atoms with Crippen LogP contribution in [0.15, 0.2) is 35.5 Å². The predicted molar refractivity (Wildman–Crippen MR) is 161 cm³/mol. The Morgan fingerprint density at radius 1 is 0.973 bits per heavy atom. The summed E-state index contributed by atoms with van der Waals surface area (Å²) in [5, 5.41) is 7.05. The van der Waals surface area contributed by atoms with Gasteiger partial charge in [-0.05, 0) is 42.7 Å². The first-order valence-electron chi connectivity index (χ1n) is 14.4. The van der Waals surface area contributed by atoms with Crippen LogP contribution in [0, 0.1) is 10.8 Å². The molecule has 0 bridgehead atoms. The first-order valence-corrected chi connectivity index (χ1v) is 14.4. The molecule has 0 amide bonds. The van der Waals surface area contributed by atoms with Gasteiger partial charge >= 0.3 is 0 Å². The van der Waals surface area contributed by atoms with Gasteiger partial charge < -0.3 is 16.4 Å². The van der Waals surface area contributed by atoms with Gasteiger partial charge in [0.2, 0.25) is 0 Å². The van der Waals surface area contributed by atoms with Gasteiger partial charge in [0, 0.05) is 64.8 Å². The van der Waals surface area contributed by atoms with Crippen molar-refractivity contribution in [2.75, 3.05) is 65.4 Å². The van der Waals surface area contributed by atoms with Crippen LogP contribution in [-0.4, -0.2) is 87.1 Å². The van der Waals surface area contributed by atoms with Crippen LogP contribution < -0.4 is 16.4 Å². The van der Waals surface area contributed by atoms with Gasteiger partial charge in [-0.3, -0.25) is 14.6 Å². The van der Waals surface area contributed by atoms with E-state index in [2.05, 4.69) is 94.6 Å². The zero-order chi connectivity index (χ0) is 28.1. The van der Waals surface area contributed by atoms with Crippen molar-refractivity contribution in [2.45, 2.75) is 80.7 Å². The van der Waals surface area contributed by atoms with Crippen LogP contribution in [0.2, 0.25) is 0 Å². The summed E-state index contributed by atoms with van der Waals surface area (Å²) in [5.74, 6) is 0.330. The summed E-state index contributed by atoms with van der Waals surface area (Å²) in [5.41, 5.74) is 10.3. The van der Waals surface area contributed by atoms with Gasteiger partial charge in [0.15, 0.2) is 0 Å². The summed E-state index contributed by atoms with van der Waals surface area (Å²) in [6, 6.07) is 0.131. The number of nitrogens with zero attached hydrogens (tertiary/aromatic N) is 2. The Kier molecular flexibility index (Phi) is 15.1. The number of nitrogens with two attached hydrogens (primary N) is 1. The first-order chi connectivity index (χ1) is 17.2. The molecule has 1 aliphatic carbocycles. The molecule has 0 saturated carbocycles. The lowest BCUT2D eigenvalue weighted by atomic mass is 9.88. The molecule has 1 unspecified atom stereocenters. The highest BCUT2D eigenvalue weighted by atomic mass is 16.1. The molecular formula is C31H59N5O. The van der Waals surface area contributed by atoms with Crippen molar-refractivity contribution < 1.29 is 4.79 Å². The summed E-state index contributed by atoms with van der Waals surface area (Å²) < 4.78 is 0. The number of ketones is 1. The molecule has 0 aromatic rings.